The maximum absolute atomic E-state index is 12.2. The number of fused-ring (bicyclic) bond motifs is 5. The van der Waals surface area contributed by atoms with Crippen LogP contribution in [0.2, 0.25) is 0 Å². The van der Waals surface area contributed by atoms with E-state index >= 15 is 0 Å². The number of hydrogen-bond acceptors (Lipinski definition) is 2. The summed E-state index contributed by atoms with van der Waals surface area (Å²) in [6.07, 6.45) is 8.08. The van der Waals surface area contributed by atoms with Gasteiger partial charge in [-0.15, -0.1) is 0 Å². The van der Waals surface area contributed by atoms with Crippen molar-refractivity contribution in [2.75, 3.05) is 0 Å². The standard InChI is InChI=1S/C22H29BrO2/c1-14-16-5-4-15-17(20(16,2)9-8-19(14)24)6-10-21(3)18(15)7-11-22(21,25)12-13-23/h15,17-18,25H,4-11H2,1-3H3/t15-,17+,18+,20+,21+,22-/m1/s1. The van der Waals surface area contributed by atoms with Crippen LogP contribution in [0.15, 0.2) is 11.1 Å². The molecule has 0 bridgehead atoms. The van der Waals surface area contributed by atoms with Crippen LogP contribution in [0.4, 0.5) is 0 Å². The van der Waals surface area contributed by atoms with Crippen LogP contribution in [-0.2, 0) is 4.79 Å². The zero-order valence-electron chi connectivity index (χ0n) is 15.6. The molecule has 0 heterocycles. The van der Waals surface area contributed by atoms with E-state index in [4.69, 9.17) is 0 Å². The second kappa shape index (κ2) is 5.70. The van der Waals surface area contributed by atoms with Crippen molar-refractivity contribution in [3.05, 3.63) is 11.1 Å². The van der Waals surface area contributed by atoms with Crippen molar-refractivity contribution in [2.45, 2.75) is 77.7 Å². The van der Waals surface area contributed by atoms with Crippen molar-refractivity contribution in [1.29, 1.82) is 0 Å². The Hall–Kier alpha value is -0.590. The van der Waals surface area contributed by atoms with E-state index in [1.54, 1.807) is 0 Å². The van der Waals surface area contributed by atoms with E-state index in [1.165, 1.54) is 12.0 Å². The first-order valence-corrected chi connectivity index (χ1v) is 10.6. The monoisotopic (exact) mass is 404 g/mol. The summed E-state index contributed by atoms with van der Waals surface area (Å²) in [4.78, 5) is 15.0. The smallest absolute Gasteiger partial charge is 0.158 e. The van der Waals surface area contributed by atoms with Gasteiger partial charge in [0.1, 0.15) is 5.60 Å². The highest BCUT2D eigenvalue weighted by Crippen LogP contribution is 2.67. The number of ketones is 1. The molecule has 3 fully saturated rings. The number of carbonyl (C=O) groups excluding carboxylic acids is 1. The fourth-order valence-corrected chi connectivity index (χ4v) is 7.61. The molecule has 1 N–H and O–H groups in total. The summed E-state index contributed by atoms with van der Waals surface area (Å²) in [6, 6.07) is 0. The molecular weight excluding hydrogens is 376 g/mol. The van der Waals surface area contributed by atoms with Gasteiger partial charge in [-0.3, -0.25) is 4.79 Å². The van der Waals surface area contributed by atoms with Crippen LogP contribution in [0, 0.1) is 39.3 Å². The van der Waals surface area contributed by atoms with Crippen LogP contribution in [0.25, 0.3) is 0 Å². The molecule has 0 saturated heterocycles. The highest BCUT2D eigenvalue weighted by atomic mass is 79.9. The van der Waals surface area contributed by atoms with Gasteiger partial charge in [0.25, 0.3) is 0 Å². The summed E-state index contributed by atoms with van der Waals surface area (Å²) >= 11 is 3.21. The molecule has 4 rings (SSSR count). The summed E-state index contributed by atoms with van der Waals surface area (Å²) < 4.78 is 0. The molecule has 2 nitrogen and oxygen atoms in total. The molecule has 3 saturated carbocycles. The molecule has 4 aliphatic rings. The van der Waals surface area contributed by atoms with Gasteiger partial charge in [-0.1, -0.05) is 25.3 Å². The Kier molecular flexibility index (Phi) is 4.06. The molecule has 0 aliphatic heterocycles. The molecular formula is C22H29BrO2. The van der Waals surface area contributed by atoms with E-state index in [-0.39, 0.29) is 10.8 Å². The van der Waals surface area contributed by atoms with Gasteiger partial charge in [-0.05, 0) is 85.4 Å². The summed E-state index contributed by atoms with van der Waals surface area (Å²) in [5.41, 5.74) is 1.79. The van der Waals surface area contributed by atoms with Crippen LogP contribution in [0.5, 0.6) is 0 Å². The topological polar surface area (TPSA) is 37.3 Å². The van der Waals surface area contributed by atoms with Gasteiger partial charge >= 0.3 is 0 Å². The first-order valence-electron chi connectivity index (χ1n) is 9.85. The maximum Gasteiger partial charge on any atom is 0.158 e. The molecule has 0 radical (unpaired) electrons. The number of rotatable bonds is 0. The van der Waals surface area contributed by atoms with E-state index in [0.29, 0.717) is 23.5 Å². The first kappa shape index (κ1) is 17.8. The van der Waals surface area contributed by atoms with E-state index in [0.717, 1.165) is 50.5 Å². The summed E-state index contributed by atoms with van der Waals surface area (Å²) in [7, 11) is 0. The van der Waals surface area contributed by atoms with E-state index in [1.807, 2.05) is 0 Å². The quantitative estimate of drug-likeness (QED) is 0.577. The van der Waals surface area contributed by atoms with E-state index < -0.39 is 5.60 Å². The van der Waals surface area contributed by atoms with Crippen molar-refractivity contribution in [2.24, 2.45) is 28.6 Å². The molecule has 0 aromatic carbocycles. The van der Waals surface area contributed by atoms with Gasteiger partial charge < -0.3 is 5.11 Å². The average molecular weight is 405 g/mol. The first-order chi connectivity index (χ1) is 11.8. The molecule has 4 aliphatic carbocycles. The minimum atomic E-state index is -0.846. The fraction of sp³-hybridized carbons (Fsp3) is 0.773. The third-order valence-electron chi connectivity index (χ3n) is 8.82. The van der Waals surface area contributed by atoms with Gasteiger partial charge in [-0.25, -0.2) is 0 Å². The van der Waals surface area contributed by atoms with Gasteiger partial charge in [0.05, 0.1) is 0 Å². The minimum Gasteiger partial charge on any atom is -0.377 e. The van der Waals surface area contributed by atoms with Crippen molar-refractivity contribution in [1.82, 2.24) is 0 Å². The second-order valence-electron chi connectivity index (χ2n) is 9.43. The lowest BCUT2D eigenvalue weighted by Crippen LogP contribution is -2.54. The third kappa shape index (κ3) is 2.23. The Labute approximate surface area is 160 Å². The number of halogens is 1. The van der Waals surface area contributed by atoms with E-state index in [2.05, 4.69) is 47.5 Å². The Morgan fingerprint density at radius 2 is 1.80 bits per heavy atom. The Morgan fingerprint density at radius 3 is 2.52 bits per heavy atom. The predicted molar refractivity (Wildman–Crippen MR) is 103 cm³/mol. The van der Waals surface area contributed by atoms with Crippen LogP contribution >= 0.6 is 15.9 Å². The Morgan fingerprint density at radius 1 is 1.08 bits per heavy atom. The molecule has 3 heteroatoms. The largest absolute Gasteiger partial charge is 0.377 e. The van der Waals surface area contributed by atoms with Crippen molar-refractivity contribution in [3.8, 4) is 10.8 Å². The molecule has 0 unspecified atom stereocenters. The summed E-state index contributed by atoms with van der Waals surface area (Å²) in [5, 5.41) is 11.3. The number of Topliss-reactive ketones (excluding diaryl/α,β-unsaturated/α-hetero) is 1. The Bertz CT molecular complexity index is 713. The molecule has 0 amide bonds. The molecule has 6 atom stereocenters. The molecule has 25 heavy (non-hydrogen) atoms. The van der Waals surface area contributed by atoms with Gasteiger partial charge in [0.15, 0.2) is 5.78 Å². The van der Waals surface area contributed by atoms with Crippen molar-refractivity contribution >= 4 is 21.7 Å². The van der Waals surface area contributed by atoms with Crippen molar-refractivity contribution < 1.29 is 9.90 Å². The molecule has 136 valence electrons. The molecule has 0 spiro atoms. The zero-order valence-corrected chi connectivity index (χ0v) is 17.2. The van der Waals surface area contributed by atoms with Gasteiger partial charge in [0, 0.05) is 27.8 Å². The third-order valence-corrected chi connectivity index (χ3v) is 9.02. The summed E-state index contributed by atoms with van der Waals surface area (Å²) in [6.45, 7) is 6.76. The lowest BCUT2D eigenvalue weighted by atomic mass is 9.46. The zero-order chi connectivity index (χ0) is 18.0. The summed E-state index contributed by atoms with van der Waals surface area (Å²) in [5.74, 6) is 5.36. The molecule has 0 aromatic heterocycles. The minimum absolute atomic E-state index is 0.0912. The number of hydrogen-bond donors (Lipinski definition) is 1. The van der Waals surface area contributed by atoms with Crippen LogP contribution in [0.3, 0.4) is 0 Å². The number of aliphatic hydroxyl groups is 1. The number of carbonyl (C=O) groups is 1. The van der Waals surface area contributed by atoms with Gasteiger partial charge in [-0.2, -0.15) is 0 Å². The van der Waals surface area contributed by atoms with Crippen LogP contribution < -0.4 is 0 Å². The number of allylic oxidation sites excluding steroid dienone is 1. The lowest BCUT2D eigenvalue weighted by Gasteiger charge is -2.59. The SMILES string of the molecule is CC1=C2CC[C@@H]3[C@H](CC[C@@]4(C)[C@H]3CC[C@@]4(O)C#CBr)[C@@]2(C)CCC1=O. The van der Waals surface area contributed by atoms with Crippen LogP contribution in [0.1, 0.15) is 72.1 Å². The lowest BCUT2D eigenvalue weighted by molar-refractivity contribution is -0.120. The van der Waals surface area contributed by atoms with E-state index in [9.17, 15) is 9.90 Å². The van der Waals surface area contributed by atoms with Gasteiger partial charge in [0.2, 0.25) is 0 Å². The highest BCUT2D eigenvalue weighted by Gasteiger charge is 2.63. The maximum atomic E-state index is 12.2. The van der Waals surface area contributed by atoms with Crippen molar-refractivity contribution in [3.63, 3.8) is 0 Å². The highest BCUT2D eigenvalue weighted by molar-refractivity contribution is 9.12. The molecule has 0 aromatic rings. The van der Waals surface area contributed by atoms with Crippen LogP contribution in [-0.4, -0.2) is 16.5 Å². The average Bonchev–Trinajstić information content (AvgIpc) is 2.83. The predicted octanol–water partition coefficient (Wildman–Crippen LogP) is 5.00. The normalized spacial score (nSPS) is 49.0. The fourth-order valence-electron chi connectivity index (χ4n) is 7.28. The Balaban J connectivity index is 1.71. The second-order valence-corrected chi connectivity index (χ2v) is 9.83.